The number of hydrogen-bond acceptors (Lipinski definition) is 5. The maximum Gasteiger partial charge on any atom is 0.337 e. The minimum Gasteiger partial charge on any atom is -0.478 e. The fourth-order valence-electron chi connectivity index (χ4n) is 4.86. The third-order valence-corrected chi connectivity index (χ3v) is 7.53. The van der Waals surface area contributed by atoms with Crippen LogP contribution < -0.4 is 0 Å². The van der Waals surface area contributed by atoms with Crippen LogP contribution in [0.25, 0.3) is 0 Å². The Bertz CT molecular complexity index is 1270. The topological polar surface area (TPSA) is 100 Å². The number of ketones is 1. The highest BCUT2D eigenvalue weighted by Crippen LogP contribution is 2.23. The van der Waals surface area contributed by atoms with Crippen LogP contribution >= 0.6 is 0 Å². The minimum atomic E-state index is -0.942. The van der Waals surface area contributed by atoms with Crippen molar-refractivity contribution in [1.29, 1.82) is 0 Å². The highest BCUT2D eigenvalue weighted by Gasteiger charge is 2.24. The fourth-order valence-corrected chi connectivity index (χ4v) is 4.86. The summed E-state index contributed by atoms with van der Waals surface area (Å²) >= 11 is 0. The molecule has 7 heteroatoms. The van der Waals surface area contributed by atoms with E-state index in [1.54, 1.807) is 24.5 Å². The summed E-state index contributed by atoms with van der Waals surface area (Å²) in [7, 11) is 0. The van der Waals surface area contributed by atoms with E-state index < -0.39 is 5.97 Å². The second-order valence-electron chi connectivity index (χ2n) is 11.2. The van der Waals surface area contributed by atoms with Crippen LogP contribution in [0.3, 0.4) is 0 Å². The molecule has 7 nitrogen and oxygen atoms in total. The zero-order valence-electron chi connectivity index (χ0n) is 27.4. The number of likely N-dealkylation sites (tertiary alicyclic amines) is 1. The molecule has 0 unspecified atom stereocenters. The molecule has 1 aliphatic heterocycles. The van der Waals surface area contributed by atoms with Crippen LogP contribution in [0, 0.1) is 5.92 Å². The normalized spacial score (nSPS) is 14.1. The van der Waals surface area contributed by atoms with Crippen molar-refractivity contribution >= 4 is 17.7 Å². The number of aromatic carboxylic acids is 1. The molecule has 1 amide bonds. The van der Waals surface area contributed by atoms with Crippen molar-refractivity contribution in [3.8, 4) is 0 Å². The first-order chi connectivity index (χ1) is 22.5. The van der Waals surface area contributed by atoms with Crippen molar-refractivity contribution in [1.82, 2.24) is 14.9 Å². The molecule has 3 heterocycles. The molecule has 2 aromatic rings. The Labute approximate surface area is 275 Å². The summed E-state index contributed by atoms with van der Waals surface area (Å²) < 4.78 is 0. The van der Waals surface area contributed by atoms with Crippen LogP contribution in [-0.2, 0) is 4.79 Å². The lowest BCUT2D eigenvalue weighted by molar-refractivity contribution is -0.119. The number of amides is 1. The molecule has 46 heavy (non-hydrogen) atoms. The summed E-state index contributed by atoms with van der Waals surface area (Å²) in [6, 6.07) is 6.70. The Balaban J connectivity index is 0.000000700. The second kappa shape index (κ2) is 24.9. The zero-order valence-corrected chi connectivity index (χ0v) is 27.4. The standard InChI is InChI=1S/C33H46N2O2.C6H5NO2/c1-2-3-4-5-6-7-8-9-10-11-12-13-14-15-16-17-18-21-32(36)23-22-30-24-27-35(28-25-30)33(37)31-20-19-26-34-29-31;8-6(9)5-2-1-3-7-4-5/h3-4,6-7,9-10,12-13,15-16,19-20,26,29-30H,2,5,8,11,14,17-18,21-25,27-28H2,1H3;1-4H,(H,8,9)/b4-3-,7-6-,10-9-,13-12-,16-15-;. The van der Waals surface area contributed by atoms with E-state index in [9.17, 15) is 14.4 Å². The van der Waals surface area contributed by atoms with E-state index in [4.69, 9.17) is 5.11 Å². The number of unbranched alkanes of at least 4 members (excludes halogenated alkanes) is 1. The van der Waals surface area contributed by atoms with Crippen LogP contribution in [0.4, 0.5) is 0 Å². The summed E-state index contributed by atoms with van der Waals surface area (Å²) in [6.07, 6.45) is 39.4. The van der Waals surface area contributed by atoms with Gasteiger partial charge in [0.1, 0.15) is 5.78 Å². The Hall–Kier alpha value is -4.39. The van der Waals surface area contributed by atoms with Crippen molar-refractivity contribution in [2.24, 2.45) is 5.92 Å². The van der Waals surface area contributed by atoms with Crippen molar-refractivity contribution in [3.63, 3.8) is 0 Å². The van der Waals surface area contributed by atoms with Crippen LogP contribution in [0.2, 0.25) is 0 Å². The second-order valence-corrected chi connectivity index (χ2v) is 11.2. The summed E-state index contributed by atoms with van der Waals surface area (Å²) in [6.45, 7) is 3.70. The third-order valence-electron chi connectivity index (χ3n) is 7.53. The highest BCUT2D eigenvalue weighted by atomic mass is 16.4. The lowest BCUT2D eigenvalue weighted by Crippen LogP contribution is -2.38. The van der Waals surface area contributed by atoms with Gasteiger partial charge < -0.3 is 10.0 Å². The van der Waals surface area contributed by atoms with Gasteiger partial charge in [-0.05, 0) is 94.4 Å². The number of aromatic nitrogens is 2. The van der Waals surface area contributed by atoms with Crippen LogP contribution in [0.5, 0.6) is 0 Å². The molecule has 0 radical (unpaired) electrons. The zero-order chi connectivity index (χ0) is 33.1. The molecule has 1 aliphatic rings. The van der Waals surface area contributed by atoms with Gasteiger partial charge in [-0.1, -0.05) is 67.7 Å². The average molecular weight is 626 g/mol. The van der Waals surface area contributed by atoms with Crippen LogP contribution in [0.1, 0.15) is 105 Å². The van der Waals surface area contributed by atoms with Crippen molar-refractivity contribution in [2.45, 2.75) is 84.0 Å². The molecule has 0 saturated carbocycles. The molecule has 1 N–H and O–H groups in total. The molecule has 0 atom stereocenters. The van der Waals surface area contributed by atoms with Gasteiger partial charge in [0.2, 0.25) is 0 Å². The van der Waals surface area contributed by atoms with Gasteiger partial charge in [0.05, 0.1) is 11.1 Å². The molecular formula is C39H51N3O4. The van der Waals surface area contributed by atoms with Crippen LogP contribution in [-0.4, -0.2) is 50.7 Å². The summed E-state index contributed by atoms with van der Waals surface area (Å²) in [5, 5.41) is 8.34. The molecule has 246 valence electrons. The third kappa shape index (κ3) is 17.8. The molecule has 3 rings (SSSR count). The number of piperidine rings is 1. The van der Waals surface area contributed by atoms with E-state index in [-0.39, 0.29) is 11.5 Å². The number of carbonyl (C=O) groups is 3. The van der Waals surface area contributed by atoms with Gasteiger partial charge in [-0.2, -0.15) is 0 Å². The smallest absolute Gasteiger partial charge is 0.337 e. The van der Waals surface area contributed by atoms with Crippen molar-refractivity contribution in [2.75, 3.05) is 13.1 Å². The highest BCUT2D eigenvalue weighted by molar-refractivity contribution is 5.93. The molecule has 1 fully saturated rings. The monoisotopic (exact) mass is 625 g/mol. The molecule has 2 aromatic heterocycles. The predicted octanol–water partition coefficient (Wildman–Crippen LogP) is 8.98. The Morgan fingerprint density at radius 1 is 0.761 bits per heavy atom. The number of carboxylic acids is 1. The summed E-state index contributed by atoms with van der Waals surface area (Å²) in [5.41, 5.74) is 0.876. The van der Waals surface area contributed by atoms with E-state index in [1.165, 1.54) is 18.5 Å². The van der Waals surface area contributed by atoms with E-state index in [0.29, 0.717) is 30.1 Å². The number of rotatable bonds is 18. The quantitative estimate of drug-likeness (QED) is 0.131. The van der Waals surface area contributed by atoms with Gasteiger partial charge in [0, 0.05) is 50.7 Å². The molecule has 1 saturated heterocycles. The number of pyridine rings is 2. The van der Waals surface area contributed by atoms with Gasteiger partial charge >= 0.3 is 5.97 Å². The van der Waals surface area contributed by atoms with Gasteiger partial charge in [-0.3, -0.25) is 19.6 Å². The van der Waals surface area contributed by atoms with E-state index >= 15 is 0 Å². The fraction of sp³-hybridized carbons (Fsp3) is 0.410. The molecule has 0 aromatic carbocycles. The Morgan fingerprint density at radius 3 is 1.76 bits per heavy atom. The number of nitrogens with zero attached hydrogens (tertiary/aromatic N) is 3. The minimum absolute atomic E-state index is 0.0673. The first-order valence-electron chi connectivity index (χ1n) is 16.6. The SMILES string of the molecule is CC/C=C\C/C=C\C/C=C\C/C=C\C/C=C\CCCC(=O)CCC1CCN(C(=O)c2cccnc2)CC1.O=C(O)c1cccnc1. The van der Waals surface area contributed by atoms with Crippen molar-refractivity contribution < 1.29 is 19.5 Å². The van der Waals surface area contributed by atoms with E-state index in [2.05, 4.69) is 77.7 Å². The van der Waals surface area contributed by atoms with Crippen molar-refractivity contribution in [3.05, 3.63) is 121 Å². The summed E-state index contributed by atoms with van der Waals surface area (Å²) in [4.78, 5) is 44.6. The number of Topliss-reactive ketones (excluding diaryl/α,β-unsaturated/α-hetero) is 1. The molecule has 0 spiro atoms. The lowest BCUT2D eigenvalue weighted by Gasteiger charge is -2.32. The van der Waals surface area contributed by atoms with Gasteiger partial charge in [0.15, 0.2) is 0 Å². The van der Waals surface area contributed by atoms with Gasteiger partial charge in [-0.25, -0.2) is 4.79 Å². The van der Waals surface area contributed by atoms with E-state index in [0.717, 1.165) is 77.3 Å². The summed E-state index contributed by atoms with van der Waals surface area (Å²) in [5.74, 6) is 0.0508. The van der Waals surface area contributed by atoms with Crippen LogP contribution in [0.15, 0.2) is 110 Å². The maximum absolute atomic E-state index is 12.5. The first kappa shape index (κ1) is 37.8. The Morgan fingerprint density at radius 2 is 1.28 bits per heavy atom. The maximum atomic E-state index is 12.5. The van der Waals surface area contributed by atoms with E-state index in [1.807, 2.05) is 11.0 Å². The Kier molecular flexibility index (Phi) is 20.4. The number of hydrogen-bond donors (Lipinski definition) is 1. The lowest BCUT2D eigenvalue weighted by atomic mass is 9.90. The van der Waals surface area contributed by atoms with Gasteiger partial charge in [-0.15, -0.1) is 0 Å². The molecular weight excluding hydrogens is 574 g/mol. The molecule has 0 bridgehead atoms. The van der Waals surface area contributed by atoms with Gasteiger partial charge in [0.25, 0.3) is 5.91 Å². The number of allylic oxidation sites excluding steroid dienone is 10. The predicted molar refractivity (Wildman–Crippen MR) is 187 cm³/mol. The average Bonchev–Trinajstić information content (AvgIpc) is 3.09. The number of carboxylic acid groups (broad SMARTS) is 1. The molecule has 0 aliphatic carbocycles. The first-order valence-corrected chi connectivity index (χ1v) is 16.6. The number of carbonyl (C=O) groups excluding carboxylic acids is 2. The largest absolute Gasteiger partial charge is 0.478 e.